The van der Waals surface area contributed by atoms with E-state index in [2.05, 4.69) is 10.5 Å². The van der Waals surface area contributed by atoms with E-state index in [9.17, 15) is 9.59 Å². The molecule has 0 aliphatic heterocycles. The summed E-state index contributed by atoms with van der Waals surface area (Å²) in [4.78, 5) is 22.9. The molecular weight excluding hydrogens is 272 g/mol. The molecule has 21 heavy (non-hydrogen) atoms. The monoisotopic (exact) mass is 288 g/mol. The van der Waals surface area contributed by atoms with E-state index in [1.165, 1.54) is 19.9 Å². The smallest absolute Gasteiger partial charge is 0.310 e. The highest BCUT2D eigenvalue weighted by Crippen LogP contribution is 2.20. The Morgan fingerprint density at radius 3 is 2.57 bits per heavy atom. The van der Waals surface area contributed by atoms with Gasteiger partial charge in [-0.3, -0.25) is 9.59 Å². The lowest BCUT2D eigenvalue weighted by Crippen LogP contribution is -2.39. The predicted molar refractivity (Wildman–Crippen MR) is 75.7 cm³/mol. The quantitative estimate of drug-likeness (QED) is 0.879. The maximum atomic E-state index is 11.9. The Hall–Kier alpha value is -2.63. The average Bonchev–Trinajstić information content (AvgIpc) is 2.95. The Morgan fingerprint density at radius 2 is 1.95 bits per heavy atom. The average molecular weight is 288 g/mol. The van der Waals surface area contributed by atoms with Crippen LogP contribution in [0.2, 0.25) is 0 Å². The number of carboxylic acids is 1. The van der Waals surface area contributed by atoms with Crippen molar-refractivity contribution in [2.45, 2.75) is 13.8 Å². The van der Waals surface area contributed by atoms with E-state index in [1.54, 1.807) is 0 Å². The van der Waals surface area contributed by atoms with Gasteiger partial charge in [0.2, 0.25) is 0 Å². The molecule has 1 heterocycles. The van der Waals surface area contributed by atoms with Crippen molar-refractivity contribution in [2.75, 3.05) is 6.54 Å². The van der Waals surface area contributed by atoms with Crippen LogP contribution in [-0.4, -0.2) is 28.7 Å². The lowest BCUT2D eigenvalue weighted by atomic mass is 9.94. The first-order chi connectivity index (χ1) is 9.90. The highest BCUT2D eigenvalue weighted by molar-refractivity contribution is 5.93. The molecule has 0 saturated heterocycles. The Morgan fingerprint density at radius 1 is 1.29 bits per heavy atom. The van der Waals surface area contributed by atoms with E-state index in [-0.39, 0.29) is 12.2 Å². The van der Waals surface area contributed by atoms with Crippen molar-refractivity contribution in [3.8, 4) is 11.3 Å². The molecule has 6 nitrogen and oxygen atoms in total. The van der Waals surface area contributed by atoms with Crippen LogP contribution in [0.4, 0.5) is 0 Å². The van der Waals surface area contributed by atoms with E-state index in [4.69, 9.17) is 9.63 Å². The topological polar surface area (TPSA) is 92.4 Å². The van der Waals surface area contributed by atoms with Gasteiger partial charge in [-0.15, -0.1) is 0 Å². The first kappa shape index (κ1) is 14.8. The van der Waals surface area contributed by atoms with Crippen LogP contribution in [0.25, 0.3) is 11.3 Å². The van der Waals surface area contributed by atoms with Crippen molar-refractivity contribution in [3.05, 3.63) is 42.1 Å². The standard InChI is InChI=1S/C15H16N2O4/c1-15(2,14(19)20)9-16-13(18)11-8-12(21-17-11)10-6-4-3-5-7-10/h3-8H,9H2,1-2H3,(H,16,18)(H,19,20). The fraction of sp³-hybridized carbons (Fsp3) is 0.267. The third-order valence-corrected chi connectivity index (χ3v) is 3.07. The fourth-order valence-electron chi connectivity index (χ4n) is 1.59. The van der Waals surface area contributed by atoms with Crippen LogP contribution in [0.3, 0.4) is 0 Å². The number of aromatic nitrogens is 1. The second-order valence-corrected chi connectivity index (χ2v) is 5.31. The lowest BCUT2D eigenvalue weighted by molar-refractivity contribution is -0.146. The van der Waals surface area contributed by atoms with E-state index < -0.39 is 17.3 Å². The molecule has 1 aromatic heterocycles. The molecule has 0 aliphatic carbocycles. The molecule has 0 spiro atoms. The Labute approximate surface area is 121 Å². The molecule has 0 atom stereocenters. The molecule has 2 rings (SSSR count). The Kier molecular flexibility index (Phi) is 4.07. The van der Waals surface area contributed by atoms with Gasteiger partial charge in [0.25, 0.3) is 5.91 Å². The number of nitrogens with zero attached hydrogens (tertiary/aromatic N) is 1. The van der Waals surface area contributed by atoms with Crippen molar-refractivity contribution in [3.63, 3.8) is 0 Å². The zero-order valence-corrected chi connectivity index (χ0v) is 11.8. The van der Waals surface area contributed by atoms with Crippen molar-refractivity contribution in [2.24, 2.45) is 5.41 Å². The molecule has 0 aliphatic rings. The molecule has 0 fully saturated rings. The second kappa shape index (κ2) is 5.78. The number of carbonyl (C=O) groups excluding carboxylic acids is 1. The maximum Gasteiger partial charge on any atom is 0.310 e. The summed E-state index contributed by atoms with van der Waals surface area (Å²) in [5.74, 6) is -0.957. The van der Waals surface area contributed by atoms with Crippen molar-refractivity contribution >= 4 is 11.9 Å². The minimum atomic E-state index is -1.04. The van der Waals surface area contributed by atoms with Crippen LogP contribution < -0.4 is 5.32 Å². The molecule has 0 saturated carbocycles. The number of nitrogens with one attached hydrogen (secondary N) is 1. The molecule has 0 unspecified atom stereocenters. The number of hydrogen-bond acceptors (Lipinski definition) is 4. The van der Waals surface area contributed by atoms with Crippen LogP contribution in [-0.2, 0) is 4.79 Å². The van der Waals surface area contributed by atoms with Crippen LogP contribution >= 0.6 is 0 Å². The Balaban J connectivity index is 2.05. The number of aliphatic carboxylic acids is 1. The van der Waals surface area contributed by atoms with E-state index in [0.29, 0.717) is 5.76 Å². The van der Waals surface area contributed by atoms with Crippen LogP contribution in [0.15, 0.2) is 40.9 Å². The molecule has 6 heteroatoms. The number of rotatable bonds is 5. The summed E-state index contributed by atoms with van der Waals surface area (Å²) >= 11 is 0. The molecule has 0 bridgehead atoms. The number of carboxylic acid groups (broad SMARTS) is 1. The highest BCUT2D eigenvalue weighted by Gasteiger charge is 2.28. The van der Waals surface area contributed by atoms with Crippen LogP contribution in [0.1, 0.15) is 24.3 Å². The first-order valence-corrected chi connectivity index (χ1v) is 6.44. The summed E-state index contributed by atoms with van der Waals surface area (Å²) in [7, 11) is 0. The molecule has 0 radical (unpaired) electrons. The lowest BCUT2D eigenvalue weighted by Gasteiger charge is -2.18. The van der Waals surface area contributed by atoms with Gasteiger partial charge in [0.1, 0.15) is 0 Å². The van der Waals surface area contributed by atoms with Gasteiger partial charge in [-0.1, -0.05) is 35.5 Å². The zero-order valence-electron chi connectivity index (χ0n) is 11.8. The van der Waals surface area contributed by atoms with Crippen LogP contribution in [0.5, 0.6) is 0 Å². The SMILES string of the molecule is CC(C)(CNC(=O)c1cc(-c2ccccc2)on1)C(=O)O. The van der Waals surface area contributed by atoms with Crippen molar-refractivity contribution in [1.29, 1.82) is 0 Å². The third-order valence-electron chi connectivity index (χ3n) is 3.07. The van der Waals surface area contributed by atoms with E-state index in [1.807, 2.05) is 30.3 Å². The highest BCUT2D eigenvalue weighted by atomic mass is 16.5. The molecular formula is C15H16N2O4. The van der Waals surface area contributed by atoms with Gasteiger partial charge in [0.05, 0.1) is 5.41 Å². The number of amides is 1. The van der Waals surface area contributed by atoms with Gasteiger partial charge in [0.15, 0.2) is 11.5 Å². The molecule has 2 aromatic rings. The van der Waals surface area contributed by atoms with Crippen molar-refractivity contribution in [1.82, 2.24) is 10.5 Å². The zero-order chi connectivity index (χ0) is 15.5. The van der Waals surface area contributed by atoms with Gasteiger partial charge in [0, 0.05) is 18.2 Å². The summed E-state index contributed by atoms with van der Waals surface area (Å²) in [6.07, 6.45) is 0. The summed E-state index contributed by atoms with van der Waals surface area (Å²) in [5.41, 5.74) is -0.105. The van der Waals surface area contributed by atoms with Gasteiger partial charge in [-0.25, -0.2) is 0 Å². The summed E-state index contributed by atoms with van der Waals surface area (Å²) < 4.78 is 5.12. The molecule has 2 N–H and O–H groups in total. The normalized spacial score (nSPS) is 11.1. The second-order valence-electron chi connectivity index (χ2n) is 5.31. The summed E-state index contributed by atoms with van der Waals surface area (Å²) in [6.45, 7) is 3.08. The number of carbonyl (C=O) groups is 2. The molecule has 1 amide bonds. The predicted octanol–water partition coefficient (Wildman–Crippen LogP) is 2.18. The minimum Gasteiger partial charge on any atom is -0.481 e. The van der Waals surface area contributed by atoms with Crippen LogP contribution in [0, 0.1) is 5.41 Å². The minimum absolute atomic E-state index is 0.00863. The first-order valence-electron chi connectivity index (χ1n) is 6.44. The van der Waals surface area contributed by atoms with Gasteiger partial charge >= 0.3 is 5.97 Å². The molecule has 110 valence electrons. The van der Waals surface area contributed by atoms with Gasteiger partial charge in [-0.05, 0) is 13.8 Å². The van der Waals surface area contributed by atoms with E-state index >= 15 is 0 Å². The number of hydrogen-bond donors (Lipinski definition) is 2. The number of benzene rings is 1. The largest absolute Gasteiger partial charge is 0.481 e. The molecule has 1 aromatic carbocycles. The fourth-order valence-corrected chi connectivity index (χ4v) is 1.59. The van der Waals surface area contributed by atoms with E-state index in [0.717, 1.165) is 5.56 Å². The van der Waals surface area contributed by atoms with Crippen molar-refractivity contribution < 1.29 is 19.2 Å². The van der Waals surface area contributed by atoms with Gasteiger partial charge < -0.3 is 14.9 Å². The summed E-state index contributed by atoms with van der Waals surface area (Å²) in [6, 6.07) is 10.8. The summed E-state index contributed by atoms with van der Waals surface area (Å²) in [5, 5.41) is 15.2. The van der Waals surface area contributed by atoms with Gasteiger partial charge in [-0.2, -0.15) is 0 Å². The Bertz CT molecular complexity index is 647. The maximum absolute atomic E-state index is 11.9. The third kappa shape index (κ3) is 3.47.